The first-order valence-electron chi connectivity index (χ1n) is 6.34. The molecule has 20 heavy (non-hydrogen) atoms. The zero-order valence-electron chi connectivity index (χ0n) is 11.6. The molecule has 0 fully saturated rings. The summed E-state index contributed by atoms with van der Waals surface area (Å²) in [4.78, 5) is 1.11. The van der Waals surface area contributed by atoms with Gasteiger partial charge in [-0.05, 0) is 24.0 Å². The van der Waals surface area contributed by atoms with E-state index < -0.39 is 9.84 Å². The van der Waals surface area contributed by atoms with Gasteiger partial charge < -0.3 is 14.8 Å². The number of sulfone groups is 1. The molecule has 1 aromatic rings. The predicted octanol–water partition coefficient (Wildman–Crippen LogP) is 1.31. The number of nitrogens with one attached hydrogen (secondary N) is 1. The molecule has 1 N–H and O–H groups in total. The average Bonchev–Trinajstić information content (AvgIpc) is 2.41. The van der Waals surface area contributed by atoms with Crippen molar-refractivity contribution in [1.29, 1.82) is 0 Å². The lowest BCUT2D eigenvalue weighted by Gasteiger charge is -2.20. The molecule has 1 heterocycles. The van der Waals surface area contributed by atoms with Crippen molar-refractivity contribution in [3.8, 4) is 11.5 Å². The summed E-state index contributed by atoms with van der Waals surface area (Å²) >= 11 is 1.64. The van der Waals surface area contributed by atoms with Crippen molar-refractivity contribution in [2.24, 2.45) is 0 Å². The highest BCUT2D eigenvalue weighted by atomic mass is 32.2. The number of thioether (sulfide) groups is 1. The summed E-state index contributed by atoms with van der Waals surface area (Å²) in [6.07, 6.45) is 3.25. The Hall–Kier alpha value is -0.920. The molecule has 0 bridgehead atoms. The number of benzene rings is 1. The van der Waals surface area contributed by atoms with Gasteiger partial charge in [0.1, 0.15) is 23.1 Å². The van der Waals surface area contributed by atoms with E-state index in [4.69, 9.17) is 9.47 Å². The van der Waals surface area contributed by atoms with E-state index in [1.807, 2.05) is 18.4 Å². The van der Waals surface area contributed by atoms with Crippen molar-refractivity contribution < 1.29 is 17.9 Å². The molecule has 1 aliphatic rings. The van der Waals surface area contributed by atoms with Crippen LogP contribution in [0, 0.1) is 0 Å². The second-order valence-corrected chi connectivity index (χ2v) is 7.72. The molecule has 0 aliphatic carbocycles. The van der Waals surface area contributed by atoms with Crippen LogP contribution in [0.1, 0.15) is 5.56 Å². The zero-order valence-corrected chi connectivity index (χ0v) is 13.3. The van der Waals surface area contributed by atoms with Crippen LogP contribution in [0.5, 0.6) is 11.5 Å². The van der Waals surface area contributed by atoms with Gasteiger partial charge in [-0.3, -0.25) is 0 Å². The molecule has 0 radical (unpaired) electrons. The Morgan fingerprint density at radius 3 is 2.50 bits per heavy atom. The normalized spacial score (nSPS) is 14.3. The fourth-order valence-corrected chi connectivity index (χ4v) is 3.05. The number of rotatable bonds is 6. The minimum absolute atomic E-state index is 0.145. The molecule has 0 saturated carbocycles. The standard InChI is InChI=1S/C13H19NO4S2/c1-19-13-8-12-11(17-4-5-18-12)7-10(13)9-14-3-6-20(2,15)16/h7-8,14H,3-6,9H2,1-2H3. The first-order chi connectivity index (χ1) is 9.49. The summed E-state index contributed by atoms with van der Waals surface area (Å²) in [6.45, 7) is 2.20. The van der Waals surface area contributed by atoms with E-state index >= 15 is 0 Å². The van der Waals surface area contributed by atoms with Crippen molar-refractivity contribution in [2.75, 3.05) is 38.0 Å². The van der Waals surface area contributed by atoms with Crippen molar-refractivity contribution in [3.63, 3.8) is 0 Å². The smallest absolute Gasteiger partial charge is 0.162 e. The Bertz CT molecular complexity index is 572. The van der Waals surface area contributed by atoms with Crippen LogP contribution in [-0.4, -0.2) is 46.4 Å². The quantitative estimate of drug-likeness (QED) is 0.630. The topological polar surface area (TPSA) is 64.6 Å². The Morgan fingerprint density at radius 1 is 1.25 bits per heavy atom. The van der Waals surface area contributed by atoms with Gasteiger partial charge in [-0.1, -0.05) is 0 Å². The van der Waals surface area contributed by atoms with E-state index in [2.05, 4.69) is 5.32 Å². The number of hydrogen-bond donors (Lipinski definition) is 1. The SMILES string of the molecule is CSc1cc2c(cc1CNCCS(C)(=O)=O)OCCO2. The molecule has 1 aliphatic heterocycles. The monoisotopic (exact) mass is 317 g/mol. The molecule has 0 unspecified atom stereocenters. The minimum atomic E-state index is -2.92. The molecule has 0 amide bonds. The molecule has 0 saturated heterocycles. The van der Waals surface area contributed by atoms with Gasteiger partial charge in [0, 0.05) is 24.2 Å². The lowest BCUT2D eigenvalue weighted by molar-refractivity contribution is 0.171. The van der Waals surface area contributed by atoms with Gasteiger partial charge in [-0.25, -0.2) is 8.42 Å². The molecule has 0 atom stereocenters. The van der Waals surface area contributed by atoms with Crippen molar-refractivity contribution in [1.82, 2.24) is 5.32 Å². The van der Waals surface area contributed by atoms with Crippen LogP contribution in [0.4, 0.5) is 0 Å². The first-order valence-corrected chi connectivity index (χ1v) is 9.63. The fraction of sp³-hybridized carbons (Fsp3) is 0.538. The van der Waals surface area contributed by atoms with Gasteiger partial charge >= 0.3 is 0 Å². The van der Waals surface area contributed by atoms with E-state index in [-0.39, 0.29) is 5.75 Å². The van der Waals surface area contributed by atoms with Crippen molar-refractivity contribution in [2.45, 2.75) is 11.4 Å². The molecule has 0 spiro atoms. The summed E-state index contributed by atoms with van der Waals surface area (Å²) in [5.41, 5.74) is 1.09. The lowest BCUT2D eigenvalue weighted by Crippen LogP contribution is -2.22. The third-order valence-corrected chi connectivity index (χ3v) is 4.68. The third-order valence-electron chi connectivity index (χ3n) is 2.91. The second-order valence-electron chi connectivity index (χ2n) is 4.61. The van der Waals surface area contributed by atoms with Crippen LogP contribution < -0.4 is 14.8 Å². The lowest BCUT2D eigenvalue weighted by atomic mass is 10.2. The maximum absolute atomic E-state index is 11.1. The largest absolute Gasteiger partial charge is 0.486 e. The molecule has 5 nitrogen and oxygen atoms in total. The second kappa shape index (κ2) is 6.69. The van der Waals surface area contributed by atoms with Gasteiger partial charge in [0.25, 0.3) is 0 Å². The van der Waals surface area contributed by atoms with E-state index in [0.29, 0.717) is 26.3 Å². The molecule has 2 rings (SSSR count). The van der Waals surface area contributed by atoms with E-state index in [1.165, 1.54) is 6.26 Å². The number of ether oxygens (including phenoxy) is 2. The van der Waals surface area contributed by atoms with Gasteiger partial charge in [0.15, 0.2) is 11.5 Å². The summed E-state index contributed by atoms with van der Waals surface area (Å²) in [7, 11) is -2.92. The average molecular weight is 317 g/mol. The van der Waals surface area contributed by atoms with Gasteiger partial charge in [0.05, 0.1) is 5.75 Å². The molecule has 112 valence electrons. The highest BCUT2D eigenvalue weighted by molar-refractivity contribution is 7.98. The Balaban J connectivity index is 2.03. The molecular formula is C13H19NO4S2. The summed E-state index contributed by atoms with van der Waals surface area (Å²) < 4.78 is 33.3. The summed E-state index contributed by atoms with van der Waals surface area (Å²) in [5.74, 6) is 1.68. The van der Waals surface area contributed by atoms with E-state index in [0.717, 1.165) is 22.0 Å². The highest BCUT2D eigenvalue weighted by Crippen LogP contribution is 2.36. The third kappa shape index (κ3) is 4.29. The zero-order chi connectivity index (χ0) is 14.6. The maximum atomic E-state index is 11.1. The Kier molecular flexibility index (Phi) is 5.17. The molecule has 0 aromatic heterocycles. The molecule has 1 aromatic carbocycles. The van der Waals surface area contributed by atoms with Gasteiger partial charge in [-0.15, -0.1) is 11.8 Å². The maximum Gasteiger partial charge on any atom is 0.162 e. The molecular weight excluding hydrogens is 298 g/mol. The van der Waals surface area contributed by atoms with Crippen LogP contribution in [0.25, 0.3) is 0 Å². The van der Waals surface area contributed by atoms with Crippen LogP contribution in [-0.2, 0) is 16.4 Å². The summed E-state index contributed by atoms with van der Waals surface area (Å²) in [5, 5.41) is 3.15. The van der Waals surface area contributed by atoms with Crippen LogP contribution >= 0.6 is 11.8 Å². The van der Waals surface area contributed by atoms with Crippen molar-refractivity contribution in [3.05, 3.63) is 17.7 Å². The predicted molar refractivity (Wildman–Crippen MR) is 80.6 cm³/mol. The number of hydrogen-bond acceptors (Lipinski definition) is 6. The van der Waals surface area contributed by atoms with Crippen LogP contribution in [0.2, 0.25) is 0 Å². The highest BCUT2D eigenvalue weighted by Gasteiger charge is 2.15. The van der Waals surface area contributed by atoms with Crippen LogP contribution in [0.15, 0.2) is 17.0 Å². The summed E-state index contributed by atoms with van der Waals surface area (Å²) in [6, 6.07) is 3.94. The van der Waals surface area contributed by atoms with Gasteiger partial charge in [0.2, 0.25) is 0 Å². The Morgan fingerprint density at radius 2 is 1.90 bits per heavy atom. The van der Waals surface area contributed by atoms with Crippen molar-refractivity contribution >= 4 is 21.6 Å². The molecule has 7 heteroatoms. The van der Waals surface area contributed by atoms with E-state index in [1.54, 1.807) is 11.8 Å². The Labute approximate surface area is 124 Å². The van der Waals surface area contributed by atoms with Crippen LogP contribution in [0.3, 0.4) is 0 Å². The van der Waals surface area contributed by atoms with E-state index in [9.17, 15) is 8.42 Å². The fourth-order valence-electron chi connectivity index (χ4n) is 1.92. The van der Waals surface area contributed by atoms with Gasteiger partial charge in [-0.2, -0.15) is 0 Å². The minimum Gasteiger partial charge on any atom is -0.486 e. The number of fused-ring (bicyclic) bond motifs is 1. The first kappa shape index (κ1) is 15.5.